The number of nitrogens with one attached hydrogen (secondary N) is 1. The highest BCUT2D eigenvalue weighted by Gasteiger charge is 2.18. The Labute approximate surface area is 167 Å². The van der Waals surface area contributed by atoms with Crippen LogP contribution in [-0.4, -0.2) is 22.3 Å². The molecule has 4 aromatic rings. The fourth-order valence-electron chi connectivity index (χ4n) is 3.58. The Bertz CT molecular complexity index is 1230. The molecule has 0 fully saturated rings. The van der Waals surface area contributed by atoms with Crippen molar-refractivity contribution in [2.75, 3.05) is 12.1 Å². The number of ether oxygens (including phenoxy) is 2. The third kappa shape index (κ3) is 3.18. The molecule has 2 heterocycles. The van der Waals surface area contributed by atoms with Gasteiger partial charge in [-0.3, -0.25) is 4.79 Å². The van der Waals surface area contributed by atoms with Gasteiger partial charge >= 0.3 is 0 Å². The Kier molecular flexibility index (Phi) is 4.17. The van der Waals surface area contributed by atoms with Gasteiger partial charge in [0.2, 0.25) is 12.7 Å². The lowest BCUT2D eigenvalue weighted by molar-refractivity contribution is -0.116. The number of benzene rings is 3. The molecule has 0 radical (unpaired) electrons. The number of aromatic nitrogens is 2. The van der Waals surface area contributed by atoms with E-state index in [-0.39, 0.29) is 19.2 Å². The number of rotatable bonds is 4. The zero-order chi connectivity index (χ0) is 19.8. The lowest BCUT2D eigenvalue weighted by atomic mass is 10.1. The number of nitrogens with zero attached hydrogens (tertiary/aromatic N) is 2. The van der Waals surface area contributed by atoms with Crippen molar-refractivity contribution >= 4 is 22.6 Å². The number of para-hydroxylation sites is 2. The zero-order valence-corrected chi connectivity index (χ0v) is 15.9. The molecule has 0 unspecified atom stereocenters. The lowest BCUT2D eigenvalue weighted by Crippen LogP contribution is -2.19. The fourth-order valence-corrected chi connectivity index (χ4v) is 3.58. The molecule has 5 rings (SSSR count). The molecule has 0 spiro atoms. The van der Waals surface area contributed by atoms with Gasteiger partial charge in [-0.15, -0.1) is 0 Å². The quantitative estimate of drug-likeness (QED) is 0.566. The van der Waals surface area contributed by atoms with Gasteiger partial charge in [0.05, 0.1) is 11.0 Å². The van der Waals surface area contributed by atoms with Gasteiger partial charge in [0, 0.05) is 17.3 Å². The van der Waals surface area contributed by atoms with E-state index in [1.165, 1.54) is 0 Å². The molecule has 6 heteroatoms. The van der Waals surface area contributed by atoms with Crippen molar-refractivity contribution in [3.8, 4) is 22.9 Å². The zero-order valence-electron chi connectivity index (χ0n) is 15.9. The van der Waals surface area contributed by atoms with E-state index < -0.39 is 0 Å². The summed E-state index contributed by atoms with van der Waals surface area (Å²) < 4.78 is 12.7. The van der Waals surface area contributed by atoms with Crippen LogP contribution in [0.1, 0.15) is 5.56 Å². The first kappa shape index (κ1) is 17.3. The van der Waals surface area contributed by atoms with E-state index in [0.717, 1.165) is 28.0 Å². The summed E-state index contributed by atoms with van der Waals surface area (Å²) in [6.45, 7) is 2.40. The first-order valence-electron chi connectivity index (χ1n) is 9.40. The lowest BCUT2D eigenvalue weighted by Gasteiger charge is -2.12. The van der Waals surface area contributed by atoms with Crippen molar-refractivity contribution in [3.63, 3.8) is 0 Å². The number of aryl methyl sites for hydroxylation is 1. The Balaban J connectivity index is 1.49. The SMILES string of the molecule is Cc1ccccc1-c1nc2ccccc2n1CC(=O)Nc1ccc2c(c1)OCO2. The second kappa shape index (κ2) is 6.98. The monoisotopic (exact) mass is 385 g/mol. The number of amides is 1. The summed E-state index contributed by atoms with van der Waals surface area (Å²) >= 11 is 0. The molecule has 0 bridgehead atoms. The van der Waals surface area contributed by atoms with E-state index in [2.05, 4.69) is 5.32 Å². The van der Waals surface area contributed by atoms with Crippen LogP contribution in [0.4, 0.5) is 5.69 Å². The average molecular weight is 385 g/mol. The molecule has 1 aliphatic rings. The summed E-state index contributed by atoms with van der Waals surface area (Å²) in [5.74, 6) is 1.97. The van der Waals surface area contributed by atoms with Crippen molar-refractivity contribution in [2.45, 2.75) is 13.5 Å². The fraction of sp³-hybridized carbons (Fsp3) is 0.130. The average Bonchev–Trinajstić information content (AvgIpc) is 3.33. The molecular weight excluding hydrogens is 366 g/mol. The van der Waals surface area contributed by atoms with Gasteiger partial charge in [0.15, 0.2) is 11.5 Å². The largest absolute Gasteiger partial charge is 0.454 e. The van der Waals surface area contributed by atoms with Crippen molar-refractivity contribution in [2.24, 2.45) is 0 Å². The van der Waals surface area contributed by atoms with Crippen LogP contribution in [0.5, 0.6) is 11.5 Å². The van der Waals surface area contributed by atoms with Gasteiger partial charge in [0.1, 0.15) is 12.4 Å². The van der Waals surface area contributed by atoms with Crippen LogP contribution in [0, 0.1) is 6.92 Å². The van der Waals surface area contributed by atoms with Crippen LogP contribution in [0.25, 0.3) is 22.4 Å². The number of carbonyl (C=O) groups is 1. The van der Waals surface area contributed by atoms with Crippen LogP contribution < -0.4 is 14.8 Å². The van der Waals surface area contributed by atoms with E-state index >= 15 is 0 Å². The Morgan fingerprint density at radius 2 is 1.83 bits per heavy atom. The number of hydrogen-bond donors (Lipinski definition) is 1. The summed E-state index contributed by atoms with van der Waals surface area (Å²) in [6.07, 6.45) is 0. The number of fused-ring (bicyclic) bond motifs is 2. The van der Waals surface area contributed by atoms with Crippen LogP contribution in [0.15, 0.2) is 66.7 Å². The summed E-state index contributed by atoms with van der Waals surface area (Å²) in [6, 6.07) is 21.3. The number of imidazole rings is 1. The Morgan fingerprint density at radius 1 is 1.03 bits per heavy atom. The highest BCUT2D eigenvalue weighted by atomic mass is 16.7. The van der Waals surface area contributed by atoms with Gasteiger partial charge in [-0.05, 0) is 36.8 Å². The van der Waals surface area contributed by atoms with Crippen molar-refractivity contribution in [1.82, 2.24) is 9.55 Å². The Hall–Kier alpha value is -3.80. The first-order valence-corrected chi connectivity index (χ1v) is 9.40. The van der Waals surface area contributed by atoms with Crippen LogP contribution in [0.2, 0.25) is 0 Å². The molecule has 6 nitrogen and oxygen atoms in total. The number of carbonyl (C=O) groups excluding carboxylic acids is 1. The van der Waals surface area contributed by atoms with Crippen molar-refractivity contribution < 1.29 is 14.3 Å². The van der Waals surface area contributed by atoms with Gasteiger partial charge in [0.25, 0.3) is 0 Å². The van der Waals surface area contributed by atoms with Gasteiger partial charge < -0.3 is 19.4 Å². The molecule has 1 amide bonds. The maximum absolute atomic E-state index is 12.9. The van der Waals surface area contributed by atoms with E-state index in [0.29, 0.717) is 17.2 Å². The minimum absolute atomic E-state index is 0.137. The van der Waals surface area contributed by atoms with Crippen LogP contribution >= 0.6 is 0 Å². The number of hydrogen-bond acceptors (Lipinski definition) is 4. The molecule has 0 atom stereocenters. The van der Waals surface area contributed by atoms with E-state index in [1.807, 2.05) is 60.0 Å². The summed E-state index contributed by atoms with van der Waals surface area (Å²) in [5, 5.41) is 2.94. The molecule has 0 saturated carbocycles. The van der Waals surface area contributed by atoms with Crippen molar-refractivity contribution in [3.05, 3.63) is 72.3 Å². The van der Waals surface area contributed by atoms with Gasteiger partial charge in [-0.2, -0.15) is 0 Å². The summed E-state index contributed by atoms with van der Waals surface area (Å²) in [5.41, 5.74) is 4.58. The molecule has 0 saturated heterocycles. The maximum atomic E-state index is 12.9. The smallest absolute Gasteiger partial charge is 0.244 e. The third-order valence-electron chi connectivity index (χ3n) is 5.00. The highest BCUT2D eigenvalue weighted by molar-refractivity contribution is 5.93. The van der Waals surface area contributed by atoms with Gasteiger partial charge in [-0.1, -0.05) is 36.4 Å². The van der Waals surface area contributed by atoms with Crippen LogP contribution in [0.3, 0.4) is 0 Å². The number of anilines is 1. The molecule has 3 aromatic carbocycles. The highest BCUT2D eigenvalue weighted by Crippen LogP contribution is 2.34. The van der Waals surface area contributed by atoms with Gasteiger partial charge in [-0.25, -0.2) is 4.98 Å². The molecular formula is C23H19N3O3. The third-order valence-corrected chi connectivity index (χ3v) is 5.00. The van der Waals surface area contributed by atoms with Crippen molar-refractivity contribution in [1.29, 1.82) is 0 Å². The topological polar surface area (TPSA) is 65.4 Å². The predicted octanol–water partition coefficient (Wildman–Crippen LogP) is 4.38. The predicted molar refractivity (Wildman–Crippen MR) is 111 cm³/mol. The van der Waals surface area contributed by atoms with E-state index in [4.69, 9.17) is 14.5 Å². The first-order chi connectivity index (χ1) is 14.2. The second-order valence-corrected chi connectivity index (χ2v) is 6.94. The van der Waals surface area contributed by atoms with Crippen LogP contribution in [-0.2, 0) is 11.3 Å². The molecule has 1 N–H and O–H groups in total. The standard InChI is InChI=1S/C23H19N3O3/c1-15-6-2-3-7-17(15)23-25-18-8-4-5-9-19(18)26(23)13-22(27)24-16-10-11-20-21(12-16)29-14-28-20/h2-12H,13-14H2,1H3,(H,24,27). The second-order valence-electron chi connectivity index (χ2n) is 6.94. The molecule has 1 aliphatic heterocycles. The molecule has 144 valence electrons. The minimum Gasteiger partial charge on any atom is -0.454 e. The van der Waals surface area contributed by atoms with E-state index in [9.17, 15) is 4.79 Å². The summed E-state index contributed by atoms with van der Waals surface area (Å²) in [4.78, 5) is 17.7. The maximum Gasteiger partial charge on any atom is 0.244 e. The molecule has 1 aromatic heterocycles. The van der Waals surface area contributed by atoms with E-state index in [1.54, 1.807) is 18.2 Å². The summed E-state index contributed by atoms with van der Waals surface area (Å²) in [7, 11) is 0. The normalized spacial score (nSPS) is 12.3. The molecule has 29 heavy (non-hydrogen) atoms. The Morgan fingerprint density at radius 3 is 2.72 bits per heavy atom. The molecule has 0 aliphatic carbocycles. The minimum atomic E-state index is -0.137.